The summed E-state index contributed by atoms with van der Waals surface area (Å²) in [7, 11) is 0. The summed E-state index contributed by atoms with van der Waals surface area (Å²) in [5, 5.41) is 11.9. The molecule has 90 valence electrons. The van der Waals surface area contributed by atoms with E-state index in [1.165, 1.54) is 12.1 Å². The van der Waals surface area contributed by atoms with E-state index >= 15 is 0 Å². The molecule has 0 aromatic heterocycles. The van der Waals surface area contributed by atoms with E-state index in [0.29, 0.717) is 11.3 Å². The van der Waals surface area contributed by atoms with Crippen LogP contribution in [-0.2, 0) is 0 Å². The zero-order valence-corrected chi connectivity index (χ0v) is 9.67. The topological polar surface area (TPSA) is 35.8 Å². The Morgan fingerprint density at radius 3 is 2.39 bits per heavy atom. The van der Waals surface area contributed by atoms with Crippen LogP contribution in [0.1, 0.15) is 11.1 Å². The maximum absolute atomic E-state index is 13.1. The number of anilines is 2. The lowest BCUT2D eigenvalue weighted by Gasteiger charge is -2.11. The maximum Gasteiger partial charge on any atom is 0.128 e. The molecular weight excluding hydrogens is 234 g/mol. The quantitative estimate of drug-likeness (QED) is 0.869. The summed E-state index contributed by atoms with van der Waals surface area (Å²) < 4.78 is 26.1. The molecule has 0 amide bonds. The highest BCUT2D eigenvalue weighted by atomic mass is 19.1. The fraction of sp³-hybridized carbons (Fsp3) is 0.0714. The van der Waals surface area contributed by atoms with E-state index in [0.717, 1.165) is 11.6 Å². The van der Waals surface area contributed by atoms with Gasteiger partial charge in [-0.1, -0.05) is 12.1 Å². The number of rotatable bonds is 2. The molecule has 0 aliphatic carbocycles. The van der Waals surface area contributed by atoms with Crippen LogP contribution in [0.4, 0.5) is 20.2 Å². The van der Waals surface area contributed by atoms with E-state index in [-0.39, 0.29) is 5.69 Å². The molecule has 0 saturated heterocycles. The molecule has 0 atom stereocenters. The van der Waals surface area contributed by atoms with E-state index in [4.69, 9.17) is 5.26 Å². The van der Waals surface area contributed by atoms with E-state index in [9.17, 15) is 8.78 Å². The molecule has 18 heavy (non-hydrogen) atoms. The average molecular weight is 244 g/mol. The van der Waals surface area contributed by atoms with Gasteiger partial charge in [0.25, 0.3) is 0 Å². The van der Waals surface area contributed by atoms with Crippen LogP contribution in [0.3, 0.4) is 0 Å². The molecule has 2 nitrogen and oxygen atoms in total. The minimum Gasteiger partial charge on any atom is -0.354 e. The van der Waals surface area contributed by atoms with Crippen LogP contribution in [0.5, 0.6) is 0 Å². The molecule has 0 bridgehead atoms. The number of benzene rings is 2. The number of aryl methyl sites for hydroxylation is 1. The van der Waals surface area contributed by atoms with Gasteiger partial charge in [0.15, 0.2) is 0 Å². The second-order valence-electron chi connectivity index (χ2n) is 3.89. The molecule has 2 rings (SSSR count). The number of hydrogen-bond donors (Lipinski definition) is 1. The molecule has 0 unspecified atom stereocenters. The summed E-state index contributed by atoms with van der Waals surface area (Å²) >= 11 is 0. The van der Waals surface area contributed by atoms with Gasteiger partial charge < -0.3 is 5.32 Å². The van der Waals surface area contributed by atoms with Gasteiger partial charge in [0.1, 0.15) is 17.7 Å². The van der Waals surface area contributed by atoms with Gasteiger partial charge >= 0.3 is 0 Å². The number of hydrogen-bond acceptors (Lipinski definition) is 2. The first-order valence-electron chi connectivity index (χ1n) is 5.33. The van der Waals surface area contributed by atoms with Crippen molar-refractivity contribution in [3.63, 3.8) is 0 Å². The van der Waals surface area contributed by atoms with Crippen molar-refractivity contribution in [3.8, 4) is 6.07 Å². The normalized spacial score (nSPS) is 9.89. The van der Waals surface area contributed by atoms with E-state index < -0.39 is 11.6 Å². The van der Waals surface area contributed by atoms with Crippen LogP contribution >= 0.6 is 0 Å². The molecule has 2 aromatic rings. The highest BCUT2D eigenvalue weighted by molar-refractivity contribution is 5.69. The number of nitrogens with one attached hydrogen (secondary N) is 1. The van der Waals surface area contributed by atoms with Crippen molar-refractivity contribution >= 4 is 11.4 Å². The van der Waals surface area contributed by atoms with Crippen LogP contribution in [0.2, 0.25) is 0 Å². The van der Waals surface area contributed by atoms with Gasteiger partial charge in [0.05, 0.1) is 11.3 Å². The fourth-order valence-electron chi connectivity index (χ4n) is 1.70. The lowest BCUT2D eigenvalue weighted by atomic mass is 10.1. The van der Waals surface area contributed by atoms with Gasteiger partial charge in [-0.05, 0) is 30.7 Å². The van der Waals surface area contributed by atoms with E-state index in [2.05, 4.69) is 5.32 Å². The molecule has 2 aromatic carbocycles. The number of nitriles is 1. The summed E-state index contributed by atoms with van der Waals surface area (Å²) in [5.41, 5.74) is 2.10. The minimum atomic E-state index is -0.662. The Morgan fingerprint density at radius 2 is 1.78 bits per heavy atom. The molecule has 0 spiro atoms. The van der Waals surface area contributed by atoms with Crippen molar-refractivity contribution in [2.24, 2.45) is 0 Å². The summed E-state index contributed by atoms with van der Waals surface area (Å²) in [5.74, 6) is -1.32. The van der Waals surface area contributed by atoms with Crippen molar-refractivity contribution in [3.05, 3.63) is 59.2 Å². The summed E-state index contributed by atoms with van der Waals surface area (Å²) in [6.07, 6.45) is 0. The Morgan fingerprint density at radius 1 is 1.11 bits per heavy atom. The van der Waals surface area contributed by atoms with Crippen LogP contribution in [0.15, 0.2) is 36.4 Å². The maximum atomic E-state index is 13.1. The number of para-hydroxylation sites is 1. The number of nitrogens with zero attached hydrogens (tertiary/aromatic N) is 1. The van der Waals surface area contributed by atoms with Crippen LogP contribution < -0.4 is 5.32 Å². The third-order valence-corrected chi connectivity index (χ3v) is 2.53. The Balaban J connectivity index is 2.43. The first kappa shape index (κ1) is 12.1. The van der Waals surface area contributed by atoms with Crippen molar-refractivity contribution in [2.45, 2.75) is 6.92 Å². The van der Waals surface area contributed by atoms with Crippen LogP contribution in [0, 0.1) is 29.9 Å². The van der Waals surface area contributed by atoms with Gasteiger partial charge in [-0.25, -0.2) is 8.78 Å². The minimum absolute atomic E-state index is 0.276. The summed E-state index contributed by atoms with van der Waals surface area (Å²) in [6, 6.07) is 10.4. The Kier molecular flexibility index (Phi) is 3.24. The Labute approximate surface area is 103 Å². The largest absolute Gasteiger partial charge is 0.354 e. The van der Waals surface area contributed by atoms with Gasteiger partial charge in [0.2, 0.25) is 0 Å². The molecule has 0 saturated carbocycles. The second kappa shape index (κ2) is 4.84. The highest BCUT2D eigenvalue weighted by Crippen LogP contribution is 2.25. The molecular formula is C14H10F2N2. The average Bonchev–Trinajstić information content (AvgIpc) is 2.30. The highest BCUT2D eigenvalue weighted by Gasteiger charge is 2.07. The predicted octanol–water partition coefficient (Wildman–Crippen LogP) is 3.89. The van der Waals surface area contributed by atoms with Crippen molar-refractivity contribution in [1.29, 1.82) is 5.26 Å². The Bertz CT molecular complexity index is 610. The van der Waals surface area contributed by atoms with Gasteiger partial charge in [0, 0.05) is 11.8 Å². The lowest BCUT2D eigenvalue weighted by Crippen LogP contribution is -1.97. The molecule has 1 N–H and O–H groups in total. The zero-order chi connectivity index (χ0) is 13.1. The molecule has 0 aliphatic heterocycles. The summed E-state index contributed by atoms with van der Waals surface area (Å²) in [6.45, 7) is 1.82. The predicted molar refractivity (Wildman–Crippen MR) is 65.5 cm³/mol. The SMILES string of the molecule is Cc1cccc(C#N)c1Nc1cc(F)cc(F)c1. The molecule has 4 heteroatoms. The second-order valence-corrected chi connectivity index (χ2v) is 3.89. The smallest absolute Gasteiger partial charge is 0.128 e. The van der Waals surface area contributed by atoms with Crippen molar-refractivity contribution in [2.75, 3.05) is 5.32 Å². The molecule has 0 fully saturated rings. The molecule has 0 aliphatic rings. The van der Waals surface area contributed by atoms with Crippen LogP contribution in [0.25, 0.3) is 0 Å². The summed E-state index contributed by atoms with van der Waals surface area (Å²) in [4.78, 5) is 0. The van der Waals surface area contributed by atoms with Crippen molar-refractivity contribution in [1.82, 2.24) is 0 Å². The fourth-order valence-corrected chi connectivity index (χ4v) is 1.70. The first-order chi connectivity index (χ1) is 8.60. The zero-order valence-electron chi connectivity index (χ0n) is 9.67. The molecule has 0 radical (unpaired) electrons. The first-order valence-corrected chi connectivity index (χ1v) is 5.33. The molecule has 0 heterocycles. The van der Waals surface area contributed by atoms with Crippen LogP contribution in [-0.4, -0.2) is 0 Å². The third kappa shape index (κ3) is 2.46. The third-order valence-electron chi connectivity index (χ3n) is 2.53. The standard InChI is InChI=1S/C14H10F2N2/c1-9-3-2-4-10(8-17)14(9)18-13-6-11(15)5-12(16)7-13/h2-7,18H,1H3. The lowest BCUT2D eigenvalue weighted by molar-refractivity contribution is 0.584. The van der Waals surface area contributed by atoms with Gasteiger partial charge in [-0.15, -0.1) is 0 Å². The van der Waals surface area contributed by atoms with E-state index in [1.807, 2.05) is 19.1 Å². The van der Waals surface area contributed by atoms with Gasteiger partial charge in [-0.3, -0.25) is 0 Å². The van der Waals surface area contributed by atoms with Gasteiger partial charge in [-0.2, -0.15) is 5.26 Å². The number of halogens is 2. The Hall–Kier alpha value is -2.41. The van der Waals surface area contributed by atoms with Crippen molar-refractivity contribution < 1.29 is 8.78 Å². The monoisotopic (exact) mass is 244 g/mol. The van der Waals surface area contributed by atoms with E-state index in [1.54, 1.807) is 12.1 Å².